The van der Waals surface area contributed by atoms with Crippen molar-refractivity contribution in [2.75, 3.05) is 39.9 Å². The molecule has 1 aromatic heterocycles. The standard InChI is InChI=1S/C16H24F2N2O4S2/c1-24-10-9-19(12-14(17)18)15(21)11-13-5-6-16(25-13)26(22,23)20-7-3-2-4-8-20/h5-6,14H,2-4,7-12H2,1H3. The molecule has 1 aliphatic heterocycles. The Morgan fingerprint density at radius 2 is 2.00 bits per heavy atom. The highest BCUT2D eigenvalue weighted by Gasteiger charge is 2.28. The third-order valence-corrected chi connectivity index (χ3v) is 7.60. The zero-order valence-corrected chi connectivity index (χ0v) is 16.3. The van der Waals surface area contributed by atoms with E-state index < -0.39 is 28.9 Å². The number of ether oxygens (including phenoxy) is 1. The third-order valence-electron chi connectivity index (χ3n) is 4.15. The molecule has 6 nitrogen and oxygen atoms in total. The molecule has 1 aromatic rings. The molecule has 0 aromatic carbocycles. The van der Waals surface area contributed by atoms with Gasteiger partial charge in [0.25, 0.3) is 16.4 Å². The molecule has 0 spiro atoms. The van der Waals surface area contributed by atoms with E-state index in [0.717, 1.165) is 35.5 Å². The smallest absolute Gasteiger partial charge is 0.255 e. The summed E-state index contributed by atoms with van der Waals surface area (Å²) in [6.45, 7) is 0.593. The van der Waals surface area contributed by atoms with E-state index in [1.807, 2.05) is 0 Å². The number of hydrogen-bond acceptors (Lipinski definition) is 5. The van der Waals surface area contributed by atoms with Crippen LogP contribution in [0.2, 0.25) is 0 Å². The van der Waals surface area contributed by atoms with Crippen molar-refractivity contribution < 1.29 is 26.7 Å². The Kier molecular flexibility index (Phi) is 7.93. The van der Waals surface area contributed by atoms with E-state index in [4.69, 9.17) is 4.74 Å². The largest absolute Gasteiger partial charge is 0.383 e. The molecule has 0 aliphatic carbocycles. The minimum atomic E-state index is -3.54. The highest BCUT2D eigenvalue weighted by molar-refractivity contribution is 7.91. The number of amides is 1. The predicted molar refractivity (Wildman–Crippen MR) is 95.1 cm³/mol. The predicted octanol–water partition coefficient (Wildman–Crippen LogP) is 2.21. The Labute approximate surface area is 156 Å². The van der Waals surface area contributed by atoms with Crippen molar-refractivity contribution in [3.63, 3.8) is 0 Å². The molecule has 1 saturated heterocycles. The Balaban J connectivity index is 2.04. The molecular formula is C16H24F2N2O4S2. The van der Waals surface area contributed by atoms with Gasteiger partial charge in [-0.3, -0.25) is 4.79 Å². The van der Waals surface area contributed by atoms with Gasteiger partial charge in [0.15, 0.2) is 0 Å². The van der Waals surface area contributed by atoms with E-state index in [1.54, 1.807) is 6.07 Å². The Hall–Kier alpha value is -1.10. The summed E-state index contributed by atoms with van der Waals surface area (Å²) in [7, 11) is -2.11. The fourth-order valence-electron chi connectivity index (χ4n) is 2.77. The summed E-state index contributed by atoms with van der Waals surface area (Å²) in [6.07, 6.45) is -0.0150. The second-order valence-electron chi connectivity index (χ2n) is 6.09. The van der Waals surface area contributed by atoms with Gasteiger partial charge in [0.1, 0.15) is 4.21 Å². The normalized spacial score (nSPS) is 16.2. The second-order valence-corrected chi connectivity index (χ2v) is 9.42. The highest BCUT2D eigenvalue weighted by Crippen LogP contribution is 2.27. The van der Waals surface area contributed by atoms with E-state index in [9.17, 15) is 22.0 Å². The number of rotatable bonds is 9. The lowest BCUT2D eigenvalue weighted by Crippen LogP contribution is -2.38. The SMILES string of the molecule is COCCN(CC(F)F)C(=O)Cc1ccc(S(=O)(=O)N2CCCCC2)s1. The minimum Gasteiger partial charge on any atom is -0.383 e. The van der Waals surface area contributed by atoms with E-state index in [2.05, 4.69) is 0 Å². The maximum atomic E-state index is 12.7. The van der Waals surface area contributed by atoms with E-state index in [0.29, 0.717) is 18.0 Å². The number of thiophene rings is 1. The average molecular weight is 411 g/mol. The summed E-state index contributed by atoms with van der Waals surface area (Å²) in [5.41, 5.74) is 0. The molecule has 2 rings (SSSR count). The van der Waals surface area contributed by atoms with Gasteiger partial charge in [-0.2, -0.15) is 4.31 Å². The van der Waals surface area contributed by atoms with Gasteiger partial charge >= 0.3 is 0 Å². The van der Waals surface area contributed by atoms with E-state index in [-0.39, 0.29) is 23.8 Å². The lowest BCUT2D eigenvalue weighted by atomic mass is 10.2. The summed E-state index contributed by atoms with van der Waals surface area (Å²) in [6, 6.07) is 3.07. The molecule has 1 amide bonds. The molecule has 0 radical (unpaired) electrons. The summed E-state index contributed by atoms with van der Waals surface area (Å²) >= 11 is 1.03. The van der Waals surface area contributed by atoms with Crippen LogP contribution in [-0.4, -0.2) is 69.9 Å². The van der Waals surface area contributed by atoms with E-state index in [1.165, 1.54) is 17.5 Å². The number of methoxy groups -OCH3 is 1. The van der Waals surface area contributed by atoms with Crippen LogP contribution in [0.3, 0.4) is 0 Å². The molecule has 0 unspecified atom stereocenters. The first-order chi connectivity index (χ1) is 12.3. The second kappa shape index (κ2) is 9.72. The van der Waals surface area contributed by atoms with Crippen molar-refractivity contribution in [2.24, 2.45) is 0 Å². The van der Waals surface area contributed by atoms with Crippen LogP contribution < -0.4 is 0 Å². The zero-order chi connectivity index (χ0) is 19.2. The molecule has 0 atom stereocenters. The minimum absolute atomic E-state index is 0.0734. The number of halogens is 2. The summed E-state index contributed by atoms with van der Waals surface area (Å²) in [5, 5.41) is 0. The fourth-order valence-corrected chi connectivity index (χ4v) is 5.79. The van der Waals surface area contributed by atoms with Gasteiger partial charge in [-0.25, -0.2) is 17.2 Å². The fraction of sp³-hybridized carbons (Fsp3) is 0.688. The van der Waals surface area contributed by atoms with Crippen LogP contribution in [0.1, 0.15) is 24.1 Å². The number of carbonyl (C=O) groups is 1. The quantitative estimate of drug-likeness (QED) is 0.626. The Morgan fingerprint density at radius 3 is 2.62 bits per heavy atom. The number of alkyl halides is 2. The van der Waals surface area contributed by atoms with Crippen LogP contribution in [0.25, 0.3) is 0 Å². The topological polar surface area (TPSA) is 66.9 Å². The average Bonchev–Trinajstić information content (AvgIpc) is 3.08. The lowest BCUT2D eigenvalue weighted by molar-refractivity contribution is -0.133. The van der Waals surface area contributed by atoms with Gasteiger partial charge in [-0.1, -0.05) is 6.42 Å². The summed E-state index contributed by atoms with van der Waals surface area (Å²) in [4.78, 5) is 13.9. The first-order valence-electron chi connectivity index (χ1n) is 8.48. The van der Waals surface area contributed by atoms with Crippen LogP contribution in [-0.2, 0) is 26.0 Å². The van der Waals surface area contributed by atoms with Gasteiger partial charge in [0.05, 0.1) is 19.6 Å². The van der Waals surface area contributed by atoms with Gasteiger partial charge in [0.2, 0.25) is 5.91 Å². The lowest BCUT2D eigenvalue weighted by Gasteiger charge is -2.25. The summed E-state index contributed by atoms with van der Waals surface area (Å²) in [5.74, 6) is -0.467. The molecule has 1 fully saturated rings. The first kappa shape index (κ1) is 21.2. The van der Waals surface area contributed by atoms with Crippen molar-refractivity contribution in [1.29, 1.82) is 0 Å². The number of hydrogen-bond donors (Lipinski definition) is 0. The molecular weight excluding hydrogens is 386 g/mol. The maximum Gasteiger partial charge on any atom is 0.255 e. The van der Waals surface area contributed by atoms with Crippen molar-refractivity contribution in [3.8, 4) is 0 Å². The van der Waals surface area contributed by atoms with Gasteiger partial charge in [0, 0.05) is 31.6 Å². The van der Waals surface area contributed by atoms with Crippen LogP contribution in [0, 0.1) is 0 Å². The maximum absolute atomic E-state index is 12.7. The van der Waals surface area contributed by atoms with E-state index >= 15 is 0 Å². The van der Waals surface area contributed by atoms with Crippen molar-refractivity contribution >= 4 is 27.3 Å². The van der Waals surface area contributed by atoms with Crippen LogP contribution >= 0.6 is 11.3 Å². The molecule has 148 valence electrons. The van der Waals surface area contributed by atoms with Gasteiger partial charge in [-0.05, 0) is 25.0 Å². The number of nitrogens with zero attached hydrogens (tertiary/aromatic N) is 2. The van der Waals surface area contributed by atoms with Crippen molar-refractivity contribution in [1.82, 2.24) is 9.21 Å². The summed E-state index contributed by atoms with van der Waals surface area (Å²) < 4.78 is 57.1. The van der Waals surface area contributed by atoms with Gasteiger partial charge in [-0.15, -0.1) is 11.3 Å². The molecule has 0 saturated carbocycles. The van der Waals surface area contributed by atoms with Crippen molar-refractivity contribution in [2.45, 2.75) is 36.3 Å². The first-order valence-corrected chi connectivity index (χ1v) is 10.7. The molecule has 2 heterocycles. The van der Waals surface area contributed by atoms with Crippen molar-refractivity contribution in [3.05, 3.63) is 17.0 Å². The number of sulfonamides is 1. The molecule has 1 aliphatic rings. The number of carbonyl (C=O) groups excluding carboxylic acids is 1. The van der Waals surface area contributed by atoms with Crippen LogP contribution in [0.15, 0.2) is 16.3 Å². The number of piperidine rings is 1. The highest BCUT2D eigenvalue weighted by atomic mass is 32.2. The Morgan fingerprint density at radius 1 is 1.31 bits per heavy atom. The van der Waals surface area contributed by atoms with Gasteiger partial charge < -0.3 is 9.64 Å². The molecule has 0 bridgehead atoms. The molecule has 26 heavy (non-hydrogen) atoms. The zero-order valence-electron chi connectivity index (χ0n) is 14.7. The molecule has 0 N–H and O–H groups in total. The van der Waals surface area contributed by atoms with Crippen LogP contribution in [0.4, 0.5) is 8.78 Å². The molecule has 10 heteroatoms. The van der Waals surface area contributed by atoms with Crippen LogP contribution in [0.5, 0.6) is 0 Å². The third kappa shape index (κ3) is 5.70. The monoisotopic (exact) mass is 410 g/mol. The Bertz CT molecular complexity index is 688.